The zero-order valence-electron chi connectivity index (χ0n) is 16.8. The lowest BCUT2D eigenvalue weighted by atomic mass is 10.1. The maximum atomic E-state index is 10.2. The molecule has 1 aromatic carbocycles. The smallest absolute Gasteiger partial charge is 0.119 e. The number of piperidine rings is 1. The highest BCUT2D eigenvalue weighted by Gasteiger charge is 2.19. The third-order valence-electron chi connectivity index (χ3n) is 4.65. The number of benzene rings is 1. The molecule has 154 valence electrons. The van der Waals surface area contributed by atoms with Crippen LogP contribution in [0.4, 0.5) is 0 Å². The molecule has 0 radical (unpaired) electrons. The van der Waals surface area contributed by atoms with Gasteiger partial charge in [0.25, 0.3) is 0 Å². The number of ether oxygens (including phenoxy) is 2. The average molecular weight is 381 g/mol. The number of β-amino-alcohol motifs (C(OH)–C–C–N with tert-alkyl or cyclic N) is 1. The van der Waals surface area contributed by atoms with Crippen molar-refractivity contribution in [2.45, 2.75) is 58.0 Å². The molecule has 1 heterocycles. The predicted octanol–water partition coefficient (Wildman–Crippen LogP) is 1.79. The number of hydrogen-bond donors (Lipinski definition) is 3. The molecule has 0 aliphatic carbocycles. The van der Waals surface area contributed by atoms with Crippen molar-refractivity contribution in [1.82, 2.24) is 10.2 Å². The second-order valence-corrected chi connectivity index (χ2v) is 7.59. The highest BCUT2D eigenvalue weighted by atomic mass is 16.5. The summed E-state index contributed by atoms with van der Waals surface area (Å²) in [6, 6.07) is 7.98. The molecular weight excluding hydrogens is 344 g/mol. The van der Waals surface area contributed by atoms with Crippen LogP contribution in [0.1, 0.15) is 38.7 Å². The zero-order chi connectivity index (χ0) is 19.5. The Morgan fingerprint density at radius 2 is 2.04 bits per heavy atom. The molecular formula is C21H36N2O4. The largest absolute Gasteiger partial charge is 0.491 e. The van der Waals surface area contributed by atoms with Gasteiger partial charge >= 0.3 is 0 Å². The van der Waals surface area contributed by atoms with Gasteiger partial charge < -0.3 is 29.9 Å². The second-order valence-electron chi connectivity index (χ2n) is 7.59. The summed E-state index contributed by atoms with van der Waals surface area (Å²) < 4.78 is 11.3. The number of likely N-dealkylation sites (tertiary alicyclic amines) is 1. The lowest BCUT2D eigenvalue weighted by molar-refractivity contribution is 0.0337. The summed E-state index contributed by atoms with van der Waals surface area (Å²) in [5.41, 5.74) is 1.16. The quantitative estimate of drug-likeness (QED) is 0.480. The van der Waals surface area contributed by atoms with Gasteiger partial charge in [-0.1, -0.05) is 12.1 Å². The summed E-state index contributed by atoms with van der Waals surface area (Å²) in [4.78, 5) is 2.18. The third kappa shape index (κ3) is 9.53. The molecule has 0 saturated carbocycles. The first-order valence-corrected chi connectivity index (χ1v) is 10.2. The van der Waals surface area contributed by atoms with E-state index in [9.17, 15) is 10.2 Å². The molecule has 0 aromatic heterocycles. The topological polar surface area (TPSA) is 74.2 Å². The van der Waals surface area contributed by atoms with Crippen LogP contribution in [0.2, 0.25) is 0 Å². The Hall–Kier alpha value is -1.18. The SMILES string of the molecule is CC(C)OCCCNCc1cccc(OC[C@@H](O)CN2CCC(O)CC2)c1. The standard InChI is InChI=1S/C21H36N2O4/c1-17(2)26-12-4-9-22-14-18-5-3-6-21(13-18)27-16-20(25)15-23-10-7-19(24)8-11-23/h3,5-6,13,17,19-20,22,24-25H,4,7-12,14-16H2,1-2H3/t20-/m0/s1. The number of hydrogen-bond acceptors (Lipinski definition) is 6. The fraction of sp³-hybridized carbons (Fsp3) is 0.714. The highest BCUT2D eigenvalue weighted by molar-refractivity contribution is 5.28. The van der Waals surface area contributed by atoms with E-state index in [4.69, 9.17) is 9.47 Å². The van der Waals surface area contributed by atoms with E-state index >= 15 is 0 Å². The van der Waals surface area contributed by atoms with Gasteiger partial charge in [0.1, 0.15) is 18.5 Å². The van der Waals surface area contributed by atoms with Crippen molar-refractivity contribution in [2.24, 2.45) is 0 Å². The van der Waals surface area contributed by atoms with E-state index in [1.165, 1.54) is 0 Å². The predicted molar refractivity (Wildman–Crippen MR) is 107 cm³/mol. The lowest BCUT2D eigenvalue weighted by Crippen LogP contribution is -2.41. The average Bonchev–Trinajstić information content (AvgIpc) is 2.65. The van der Waals surface area contributed by atoms with Crippen LogP contribution in [0.25, 0.3) is 0 Å². The van der Waals surface area contributed by atoms with Crippen LogP contribution in [0.3, 0.4) is 0 Å². The molecule has 0 spiro atoms. The molecule has 1 fully saturated rings. The van der Waals surface area contributed by atoms with Gasteiger partial charge in [0.15, 0.2) is 0 Å². The van der Waals surface area contributed by atoms with Crippen molar-refractivity contribution >= 4 is 0 Å². The van der Waals surface area contributed by atoms with Gasteiger partial charge in [0.2, 0.25) is 0 Å². The third-order valence-corrected chi connectivity index (χ3v) is 4.65. The van der Waals surface area contributed by atoms with E-state index < -0.39 is 6.10 Å². The molecule has 2 rings (SSSR count). The number of nitrogens with one attached hydrogen (secondary N) is 1. The van der Waals surface area contributed by atoms with Crippen LogP contribution in [-0.4, -0.2) is 72.8 Å². The molecule has 1 saturated heterocycles. The summed E-state index contributed by atoms with van der Waals surface area (Å²) in [5, 5.41) is 23.2. The fourth-order valence-corrected chi connectivity index (χ4v) is 3.14. The van der Waals surface area contributed by atoms with Crippen molar-refractivity contribution in [2.75, 3.05) is 39.4 Å². The fourth-order valence-electron chi connectivity index (χ4n) is 3.14. The minimum atomic E-state index is -0.525. The number of nitrogens with zero attached hydrogens (tertiary/aromatic N) is 1. The van der Waals surface area contributed by atoms with Crippen LogP contribution in [0.5, 0.6) is 5.75 Å². The van der Waals surface area contributed by atoms with Crippen LogP contribution in [0.15, 0.2) is 24.3 Å². The van der Waals surface area contributed by atoms with Crippen molar-refractivity contribution in [1.29, 1.82) is 0 Å². The van der Waals surface area contributed by atoms with E-state index in [0.717, 1.165) is 63.4 Å². The van der Waals surface area contributed by atoms with Gasteiger partial charge in [-0.2, -0.15) is 0 Å². The summed E-state index contributed by atoms with van der Waals surface area (Å²) in [5.74, 6) is 0.783. The molecule has 1 aliphatic rings. The maximum absolute atomic E-state index is 10.2. The maximum Gasteiger partial charge on any atom is 0.119 e. The molecule has 6 nitrogen and oxygen atoms in total. The summed E-state index contributed by atoms with van der Waals surface area (Å²) in [6.07, 6.45) is 2.14. The van der Waals surface area contributed by atoms with E-state index in [1.54, 1.807) is 0 Å². The van der Waals surface area contributed by atoms with E-state index in [1.807, 2.05) is 32.0 Å². The van der Waals surface area contributed by atoms with Crippen molar-refractivity contribution in [3.8, 4) is 5.75 Å². The van der Waals surface area contributed by atoms with Crippen molar-refractivity contribution < 1.29 is 19.7 Å². The zero-order valence-corrected chi connectivity index (χ0v) is 16.8. The van der Waals surface area contributed by atoms with Crippen LogP contribution in [0, 0.1) is 0 Å². The second kappa shape index (κ2) is 12.3. The Bertz CT molecular complexity index is 519. The summed E-state index contributed by atoms with van der Waals surface area (Å²) in [7, 11) is 0. The Morgan fingerprint density at radius 1 is 1.26 bits per heavy atom. The Morgan fingerprint density at radius 3 is 2.78 bits per heavy atom. The van der Waals surface area contributed by atoms with Crippen molar-refractivity contribution in [3.63, 3.8) is 0 Å². The van der Waals surface area contributed by atoms with Gasteiger partial charge in [-0.25, -0.2) is 0 Å². The molecule has 1 aromatic rings. The van der Waals surface area contributed by atoms with Gasteiger partial charge in [-0.15, -0.1) is 0 Å². The summed E-state index contributed by atoms with van der Waals surface area (Å²) >= 11 is 0. The minimum Gasteiger partial charge on any atom is -0.491 e. The molecule has 0 unspecified atom stereocenters. The van der Waals surface area contributed by atoms with Gasteiger partial charge in [-0.05, 0) is 57.4 Å². The molecule has 3 N–H and O–H groups in total. The van der Waals surface area contributed by atoms with E-state index in [2.05, 4.69) is 16.3 Å². The van der Waals surface area contributed by atoms with E-state index in [-0.39, 0.29) is 18.8 Å². The lowest BCUT2D eigenvalue weighted by Gasteiger charge is -2.30. The summed E-state index contributed by atoms with van der Waals surface area (Å²) in [6.45, 7) is 9.12. The van der Waals surface area contributed by atoms with Crippen LogP contribution >= 0.6 is 0 Å². The molecule has 0 bridgehead atoms. The Kier molecular flexibility index (Phi) is 10.1. The molecule has 1 aliphatic heterocycles. The van der Waals surface area contributed by atoms with Gasteiger partial charge in [-0.3, -0.25) is 0 Å². The van der Waals surface area contributed by atoms with E-state index in [0.29, 0.717) is 6.54 Å². The van der Waals surface area contributed by atoms with Crippen LogP contribution in [-0.2, 0) is 11.3 Å². The Labute approximate surface area is 163 Å². The normalized spacial score (nSPS) is 17.4. The monoisotopic (exact) mass is 380 g/mol. The highest BCUT2D eigenvalue weighted by Crippen LogP contribution is 2.14. The minimum absolute atomic E-state index is 0.186. The molecule has 0 amide bonds. The Balaban J connectivity index is 1.63. The number of aliphatic hydroxyl groups excluding tert-OH is 2. The first kappa shape index (κ1) is 22.1. The van der Waals surface area contributed by atoms with Crippen LogP contribution < -0.4 is 10.1 Å². The first-order chi connectivity index (χ1) is 13.0. The first-order valence-electron chi connectivity index (χ1n) is 10.2. The van der Waals surface area contributed by atoms with Gasteiger partial charge in [0.05, 0.1) is 12.2 Å². The molecule has 27 heavy (non-hydrogen) atoms. The number of rotatable bonds is 12. The van der Waals surface area contributed by atoms with Gasteiger partial charge in [0, 0.05) is 32.8 Å². The number of aliphatic hydroxyl groups is 2. The van der Waals surface area contributed by atoms with Crippen molar-refractivity contribution in [3.05, 3.63) is 29.8 Å². The molecule has 1 atom stereocenters. The molecule has 6 heteroatoms.